The standard InChI is InChI=1S/C47H74O4/c1-3-5-7-9-11-13-15-17-19-21-23-24-25-26-28-30-32-34-36-38-40-42-47(49)51-46(44-48)45-50-43-41-39-37-35-33-31-29-27-22-20-18-16-14-12-10-8-6-4-2/h5-8,11-14,17-20,23-24,26-29,33,35,46,48H,3-4,9-10,15-16,21-22,25,30-32,34,36-45H2,1-2H3/b7-5-,8-6-,13-11-,14-12-,19-17-,20-18-,24-23-,28-26-,29-27-,35-33-. The minimum atomic E-state index is -0.577. The molecular weight excluding hydrogens is 629 g/mol. The summed E-state index contributed by atoms with van der Waals surface area (Å²) < 4.78 is 11.1. The summed E-state index contributed by atoms with van der Waals surface area (Å²) in [5, 5.41) is 9.58. The van der Waals surface area contributed by atoms with E-state index in [1.807, 2.05) is 0 Å². The van der Waals surface area contributed by atoms with Gasteiger partial charge in [-0.15, -0.1) is 0 Å². The molecular formula is C47H74O4. The second-order valence-corrected chi connectivity index (χ2v) is 12.6. The Labute approximate surface area is 314 Å². The zero-order valence-corrected chi connectivity index (χ0v) is 32.6. The molecule has 0 aliphatic rings. The molecule has 0 aliphatic carbocycles. The molecule has 0 aromatic carbocycles. The normalized spacial score (nSPS) is 13.7. The molecule has 0 radical (unpaired) electrons. The van der Waals surface area contributed by atoms with E-state index in [0.717, 1.165) is 109 Å². The maximum Gasteiger partial charge on any atom is 0.306 e. The van der Waals surface area contributed by atoms with Gasteiger partial charge in [0.05, 0.1) is 13.2 Å². The van der Waals surface area contributed by atoms with Gasteiger partial charge in [0.1, 0.15) is 6.10 Å². The molecule has 0 bridgehead atoms. The first-order valence-electron chi connectivity index (χ1n) is 20.1. The van der Waals surface area contributed by atoms with E-state index in [2.05, 4.69) is 135 Å². The molecule has 0 heterocycles. The van der Waals surface area contributed by atoms with Crippen molar-refractivity contribution in [2.45, 2.75) is 148 Å². The van der Waals surface area contributed by atoms with Gasteiger partial charge in [0, 0.05) is 13.0 Å². The number of hydrogen-bond acceptors (Lipinski definition) is 4. The molecule has 0 saturated heterocycles. The Balaban J connectivity index is 3.63. The Bertz CT molecular complexity index is 1050. The molecule has 0 aliphatic heterocycles. The van der Waals surface area contributed by atoms with E-state index in [0.29, 0.717) is 13.0 Å². The number of hydrogen-bond donors (Lipinski definition) is 1. The number of unbranched alkanes of at least 4 members (excludes halogenated alkanes) is 7. The van der Waals surface area contributed by atoms with Crippen molar-refractivity contribution in [2.75, 3.05) is 19.8 Å². The van der Waals surface area contributed by atoms with Gasteiger partial charge < -0.3 is 14.6 Å². The minimum absolute atomic E-state index is 0.207. The van der Waals surface area contributed by atoms with Crippen molar-refractivity contribution in [3.05, 3.63) is 122 Å². The van der Waals surface area contributed by atoms with Crippen molar-refractivity contribution in [3.8, 4) is 0 Å². The van der Waals surface area contributed by atoms with Gasteiger partial charge in [0.2, 0.25) is 0 Å². The second-order valence-electron chi connectivity index (χ2n) is 12.6. The zero-order valence-electron chi connectivity index (χ0n) is 32.6. The van der Waals surface area contributed by atoms with Crippen molar-refractivity contribution in [1.82, 2.24) is 0 Å². The van der Waals surface area contributed by atoms with Crippen LogP contribution >= 0.6 is 0 Å². The molecule has 4 heteroatoms. The van der Waals surface area contributed by atoms with E-state index in [9.17, 15) is 9.90 Å². The molecule has 0 rings (SSSR count). The number of carbonyl (C=O) groups is 1. The number of esters is 1. The van der Waals surface area contributed by atoms with Crippen LogP contribution in [0, 0.1) is 0 Å². The lowest BCUT2D eigenvalue weighted by molar-refractivity contribution is -0.154. The fourth-order valence-corrected chi connectivity index (χ4v) is 4.85. The summed E-state index contributed by atoms with van der Waals surface area (Å²) in [6.07, 6.45) is 63.9. The Kier molecular flexibility index (Phi) is 40.3. The van der Waals surface area contributed by atoms with Crippen molar-refractivity contribution in [3.63, 3.8) is 0 Å². The molecule has 0 amide bonds. The predicted octanol–water partition coefficient (Wildman–Crippen LogP) is 13.3. The molecule has 0 saturated carbocycles. The minimum Gasteiger partial charge on any atom is -0.457 e. The number of ether oxygens (including phenoxy) is 2. The van der Waals surface area contributed by atoms with Crippen molar-refractivity contribution < 1.29 is 19.4 Å². The molecule has 0 aromatic rings. The van der Waals surface area contributed by atoms with E-state index in [4.69, 9.17) is 9.47 Å². The summed E-state index contributed by atoms with van der Waals surface area (Å²) >= 11 is 0. The van der Waals surface area contributed by atoms with Crippen LogP contribution in [0.5, 0.6) is 0 Å². The van der Waals surface area contributed by atoms with Gasteiger partial charge in [-0.25, -0.2) is 0 Å². The molecule has 4 nitrogen and oxygen atoms in total. The topological polar surface area (TPSA) is 55.8 Å². The van der Waals surface area contributed by atoms with E-state index >= 15 is 0 Å². The summed E-state index contributed by atoms with van der Waals surface area (Å²) in [6, 6.07) is 0. The van der Waals surface area contributed by atoms with Crippen LogP contribution in [-0.2, 0) is 14.3 Å². The lowest BCUT2D eigenvalue weighted by Crippen LogP contribution is -2.27. The molecule has 1 atom stereocenters. The van der Waals surface area contributed by atoms with Gasteiger partial charge in [0.15, 0.2) is 0 Å². The second kappa shape index (κ2) is 43.0. The molecule has 1 unspecified atom stereocenters. The lowest BCUT2D eigenvalue weighted by atomic mass is 10.1. The van der Waals surface area contributed by atoms with Crippen LogP contribution in [0.4, 0.5) is 0 Å². The highest BCUT2D eigenvalue weighted by Gasteiger charge is 2.13. The van der Waals surface area contributed by atoms with Gasteiger partial charge in [-0.1, -0.05) is 155 Å². The van der Waals surface area contributed by atoms with Crippen LogP contribution in [0.3, 0.4) is 0 Å². The Hall–Kier alpha value is -3.21. The van der Waals surface area contributed by atoms with E-state index in [-0.39, 0.29) is 19.2 Å². The fourth-order valence-electron chi connectivity index (χ4n) is 4.85. The van der Waals surface area contributed by atoms with Crippen LogP contribution in [0.15, 0.2) is 122 Å². The predicted molar refractivity (Wildman–Crippen MR) is 223 cm³/mol. The summed E-state index contributed by atoms with van der Waals surface area (Å²) in [5.41, 5.74) is 0. The van der Waals surface area contributed by atoms with Crippen molar-refractivity contribution in [2.24, 2.45) is 0 Å². The Morgan fingerprint density at radius 2 is 0.824 bits per heavy atom. The quantitative estimate of drug-likeness (QED) is 0.0406. The first-order chi connectivity index (χ1) is 25.2. The highest BCUT2D eigenvalue weighted by molar-refractivity contribution is 5.69. The maximum absolute atomic E-state index is 12.2. The van der Waals surface area contributed by atoms with E-state index in [1.165, 1.54) is 12.8 Å². The lowest BCUT2D eigenvalue weighted by Gasteiger charge is -2.15. The number of rotatable bonds is 35. The largest absolute Gasteiger partial charge is 0.457 e. The highest BCUT2D eigenvalue weighted by atomic mass is 16.6. The zero-order chi connectivity index (χ0) is 37.0. The van der Waals surface area contributed by atoms with Crippen molar-refractivity contribution >= 4 is 5.97 Å². The van der Waals surface area contributed by atoms with Crippen LogP contribution in [0.25, 0.3) is 0 Å². The fraction of sp³-hybridized carbons (Fsp3) is 0.553. The monoisotopic (exact) mass is 703 g/mol. The highest BCUT2D eigenvalue weighted by Crippen LogP contribution is 2.10. The third-order valence-electron chi connectivity index (χ3n) is 7.78. The van der Waals surface area contributed by atoms with Gasteiger partial charge in [0.25, 0.3) is 0 Å². The average Bonchev–Trinajstić information content (AvgIpc) is 3.14. The molecule has 51 heavy (non-hydrogen) atoms. The van der Waals surface area contributed by atoms with Crippen LogP contribution in [0.1, 0.15) is 142 Å². The third-order valence-corrected chi connectivity index (χ3v) is 7.78. The summed E-state index contributed by atoms with van der Waals surface area (Å²) in [5.74, 6) is -0.241. The number of aliphatic hydroxyl groups is 1. The molecule has 0 fully saturated rings. The maximum atomic E-state index is 12.2. The number of allylic oxidation sites excluding steroid dienone is 20. The summed E-state index contributed by atoms with van der Waals surface area (Å²) in [6.45, 7) is 4.97. The van der Waals surface area contributed by atoms with Gasteiger partial charge in [-0.3, -0.25) is 4.79 Å². The smallest absolute Gasteiger partial charge is 0.306 e. The van der Waals surface area contributed by atoms with E-state index in [1.54, 1.807) is 0 Å². The van der Waals surface area contributed by atoms with Gasteiger partial charge in [-0.2, -0.15) is 0 Å². The van der Waals surface area contributed by atoms with Crippen LogP contribution < -0.4 is 0 Å². The third kappa shape index (κ3) is 41.1. The molecule has 0 aromatic heterocycles. The van der Waals surface area contributed by atoms with Crippen LogP contribution in [0.2, 0.25) is 0 Å². The number of carbonyl (C=O) groups excluding carboxylic acids is 1. The van der Waals surface area contributed by atoms with Crippen molar-refractivity contribution in [1.29, 1.82) is 0 Å². The van der Waals surface area contributed by atoms with Gasteiger partial charge in [-0.05, 0) is 103 Å². The average molecular weight is 703 g/mol. The first-order valence-corrected chi connectivity index (χ1v) is 20.1. The first kappa shape index (κ1) is 47.8. The van der Waals surface area contributed by atoms with E-state index < -0.39 is 6.10 Å². The molecule has 286 valence electrons. The Morgan fingerprint density at radius 3 is 1.24 bits per heavy atom. The van der Waals surface area contributed by atoms with Gasteiger partial charge >= 0.3 is 5.97 Å². The molecule has 1 N–H and O–H groups in total. The molecule has 0 spiro atoms. The van der Waals surface area contributed by atoms with Crippen LogP contribution in [-0.4, -0.2) is 37.0 Å². The summed E-state index contributed by atoms with van der Waals surface area (Å²) in [7, 11) is 0. The number of aliphatic hydroxyl groups excluding tert-OH is 1. The Morgan fingerprint density at radius 1 is 0.471 bits per heavy atom. The SMILES string of the molecule is CC/C=C\C/C=C\C/C=C\C/C=C\C/C=C\CCCCCCCC(=O)OC(CO)COCCCC/C=C\C/C=C\C/C=C\C/C=C\C/C=C\CC. The summed E-state index contributed by atoms with van der Waals surface area (Å²) in [4.78, 5) is 12.2.